The number of aryl methyl sites for hydroxylation is 1. The highest BCUT2D eigenvalue weighted by Gasteiger charge is 2.27. The minimum absolute atomic E-state index is 0.333. The molecule has 1 atom stereocenters. The van der Waals surface area contributed by atoms with Crippen molar-refractivity contribution in [3.05, 3.63) is 29.6 Å². The van der Waals surface area contributed by atoms with E-state index >= 15 is 0 Å². The van der Waals surface area contributed by atoms with E-state index in [2.05, 4.69) is 42.1 Å². The lowest BCUT2D eigenvalue weighted by Crippen LogP contribution is -2.38. The Morgan fingerprint density at radius 1 is 1.29 bits per heavy atom. The summed E-state index contributed by atoms with van der Waals surface area (Å²) in [5.74, 6) is 1.29. The van der Waals surface area contributed by atoms with Gasteiger partial charge in [0.2, 0.25) is 5.91 Å². The Kier molecular flexibility index (Phi) is 5.39. The van der Waals surface area contributed by atoms with Crippen LogP contribution in [0.25, 0.3) is 0 Å². The van der Waals surface area contributed by atoms with E-state index < -0.39 is 0 Å². The second-order valence-electron chi connectivity index (χ2n) is 7.55. The lowest BCUT2D eigenvalue weighted by molar-refractivity contribution is -0.132. The Hall–Kier alpha value is -1.62. The number of hydrogen-bond acceptors (Lipinski definition) is 3. The van der Waals surface area contributed by atoms with Crippen molar-refractivity contribution in [3.63, 3.8) is 0 Å². The van der Waals surface area contributed by atoms with E-state index in [1.54, 1.807) is 0 Å². The molecule has 132 valence electrons. The van der Waals surface area contributed by atoms with Crippen LogP contribution in [0.3, 0.4) is 0 Å². The first-order valence-electron chi connectivity index (χ1n) is 9.15. The number of carbonyl (C=O) groups excluding carboxylic acids is 1. The van der Waals surface area contributed by atoms with Crippen molar-refractivity contribution in [1.82, 2.24) is 19.6 Å². The van der Waals surface area contributed by atoms with Crippen LogP contribution in [-0.4, -0.2) is 52.7 Å². The molecule has 1 amide bonds. The topological polar surface area (TPSA) is 41.4 Å². The van der Waals surface area contributed by atoms with Crippen molar-refractivity contribution in [2.24, 2.45) is 13.0 Å². The van der Waals surface area contributed by atoms with Gasteiger partial charge in [0, 0.05) is 39.0 Å². The molecule has 0 bridgehead atoms. The summed E-state index contributed by atoms with van der Waals surface area (Å²) < 4.78 is 2.00. The van der Waals surface area contributed by atoms with Crippen molar-refractivity contribution < 1.29 is 4.79 Å². The number of allylic oxidation sites excluding steroid dienone is 2. The zero-order chi connectivity index (χ0) is 17.1. The summed E-state index contributed by atoms with van der Waals surface area (Å²) in [6, 6.07) is 2.24. The third kappa shape index (κ3) is 4.07. The molecule has 0 unspecified atom stereocenters. The van der Waals surface area contributed by atoms with Gasteiger partial charge in [-0.1, -0.05) is 12.2 Å². The van der Waals surface area contributed by atoms with Crippen LogP contribution in [0.5, 0.6) is 0 Å². The Labute approximate surface area is 145 Å². The van der Waals surface area contributed by atoms with Gasteiger partial charge in [0.1, 0.15) is 0 Å². The summed E-state index contributed by atoms with van der Waals surface area (Å²) in [4.78, 5) is 16.7. The predicted octanol–water partition coefficient (Wildman–Crippen LogP) is 2.54. The van der Waals surface area contributed by atoms with Gasteiger partial charge in [0.25, 0.3) is 0 Å². The number of carbonyl (C=O) groups is 1. The molecule has 1 saturated heterocycles. The molecule has 3 rings (SSSR count). The lowest BCUT2D eigenvalue weighted by Gasteiger charge is -2.32. The minimum atomic E-state index is 0.333. The van der Waals surface area contributed by atoms with Crippen molar-refractivity contribution in [3.8, 4) is 0 Å². The fourth-order valence-corrected chi connectivity index (χ4v) is 3.85. The fourth-order valence-electron chi connectivity index (χ4n) is 3.85. The summed E-state index contributed by atoms with van der Waals surface area (Å²) in [5, 5.41) is 4.72. The smallest absolute Gasteiger partial charge is 0.223 e. The summed E-state index contributed by atoms with van der Waals surface area (Å²) in [6.45, 7) is 2.66. The molecule has 1 aliphatic carbocycles. The van der Waals surface area contributed by atoms with Gasteiger partial charge in [0.05, 0.1) is 11.4 Å². The zero-order valence-corrected chi connectivity index (χ0v) is 15.2. The van der Waals surface area contributed by atoms with Gasteiger partial charge in [0.15, 0.2) is 0 Å². The number of rotatable bonds is 5. The molecular formula is C19H30N4O. The highest BCUT2D eigenvalue weighted by atomic mass is 16.2. The Bertz CT molecular complexity index is 597. The van der Waals surface area contributed by atoms with E-state index in [1.807, 2.05) is 11.7 Å². The third-order valence-corrected chi connectivity index (χ3v) is 5.29. The van der Waals surface area contributed by atoms with Gasteiger partial charge in [-0.15, -0.1) is 0 Å². The van der Waals surface area contributed by atoms with Crippen LogP contribution < -0.4 is 0 Å². The van der Waals surface area contributed by atoms with E-state index in [0.717, 1.165) is 45.3 Å². The molecule has 2 heterocycles. The predicted molar refractivity (Wildman–Crippen MR) is 95.6 cm³/mol. The van der Waals surface area contributed by atoms with Crippen molar-refractivity contribution in [1.29, 1.82) is 0 Å². The molecule has 0 spiro atoms. The number of nitrogens with zero attached hydrogens (tertiary/aromatic N) is 4. The van der Waals surface area contributed by atoms with Crippen LogP contribution in [0, 0.1) is 5.92 Å². The van der Waals surface area contributed by atoms with E-state index in [9.17, 15) is 4.79 Å². The maximum atomic E-state index is 12.4. The third-order valence-electron chi connectivity index (χ3n) is 5.29. The highest BCUT2D eigenvalue weighted by molar-refractivity contribution is 5.76. The quantitative estimate of drug-likeness (QED) is 0.779. The van der Waals surface area contributed by atoms with Crippen molar-refractivity contribution in [2.45, 2.75) is 44.6 Å². The molecule has 1 aliphatic heterocycles. The molecule has 2 aliphatic rings. The molecule has 0 N–H and O–H groups in total. The molecule has 0 radical (unpaired) electrons. The monoisotopic (exact) mass is 330 g/mol. The van der Waals surface area contributed by atoms with Gasteiger partial charge in [-0.3, -0.25) is 9.48 Å². The summed E-state index contributed by atoms with van der Waals surface area (Å²) in [6.07, 6.45) is 9.45. The second kappa shape index (κ2) is 7.51. The van der Waals surface area contributed by atoms with E-state index in [4.69, 9.17) is 5.10 Å². The van der Waals surface area contributed by atoms with E-state index in [0.29, 0.717) is 24.2 Å². The summed E-state index contributed by atoms with van der Waals surface area (Å²) in [5.41, 5.74) is 2.45. The number of aromatic nitrogens is 2. The van der Waals surface area contributed by atoms with Crippen LogP contribution in [0.2, 0.25) is 0 Å². The minimum Gasteiger partial charge on any atom is -0.343 e. The average Bonchev–Trinajstić information content (AvgIpc) is 3.17. The Balaban J connectivity index is 1.53. The van der Waals surface area contributed by atoms with Gasteiger partial charge < -0.3 is 9.80 Å². The number of piperidine rings is 1. The van der Waals surface area contributed by atoms with Crippen molar-refractivity contribution >= 4 is 5.91 Å². The molecular weight excluding hydrogens is 300 g/mol. The fraction of sp³-hybridized carbons (Fsp3) is 0.684. The first kappa shape index (κ1) is 17.2. The van der Waals surface area contributed by atoms with Crippen LogP contribution in [0.15, 0.2) is 18.2 Å². The second-order valence-corrected chi connectivity index (χ2v) is 7.55. The SMILES string of the molecule is CN(C)Cc1cc(C2CCN(C(=O)C[C@@H]3C=CCC3)CC2)nn1C. The molecule has 24 heavy (non-hydrogen) atoms. The van der Waals surface area contributed by atoms with Gasteiger partial charge in [-0.05, 0) is 51.8 Å². The molecule has 5 heteroatoms. The molecule has 0 aromatic carbocycles. The maximum absolute atomic E-state index is 12.4. The molecule has 1 aromatic rings. The van der Waals surface area contributed by atoms with Gasteiger partial charge in [-0.25, -0.2) is 0 Å². The standard InChI is InChI=1S/C19H30N4O/c1-21(2)14-17-13-18(20-22(17)3)16-8-10-23(11-9-16)19(24)12-15-6-4-5-7-15/h4,6,13,15-16H,5,7-12,14H2,1-3H3/t15-/m1/s1. The average molecular weight is 330 g/mol. The Morgan fingerprint density at radius 2 is 2.04 bits per heavy atom. The lowest BCUT2D eigenvalue weighted by atomic mass is 9.92. The maximum Gasteiger partial charge on any atom is 0.223 e. The number of hydrogen-bond donors (Lipinski definition) is 0. The van der Waals surface area contributed by atoms with E-state index in [-0.39, 0.29) is 0 Å². The van der Waals surface area contributed by atoms with Crippen LogP contribution in [0.1, 0.15) is 49.4 Å². The zero-order valence-electron chi connectivity index (χ0n) is 15.2. The first-order valence-corrected chi connectivity index (χ1v) is 9.15. The van der Waals surface area contributed by atoms with E-state index in [1.165, 1.54) is 11.4 Å². The van der Waals surface area contributed by atoms with Crippen molar-refractivity contribution in [2.75, 3.05) is 27.2 Å². The molecule has 1 aromatic heterocycles. The number of likely N-dealkylation sites (tertiary alicyclic amines) is 1. The van der Waals surface area contributed by atoms with Crippen LogP contribution in [0.4, 0.5) is 0 Å². The largest absolute Gasteiger partial charge is 0.343 e. The highest BCUT2D eigenvalue weighted by Crippen LogP contribution is 2.29. The summed E-state index contributed by atoms with van der Waals surface area (Å²) >= 11 is 0. The Morgan fingerprint density at radius 3 is 2.67 bits per heavy atom. The van der Waals surface area contributed by atoms with Gasteiger partial charge >= 0.3 is 0 Å². The molecule has 5 nitrogen and oxygen atoms in total. The first-order chi connectivity index (χ1) is 11.5. The molecule has 1 fully saturated rings. The molecule has 0 saturated carbocycles. The van der Waals surface area contributed by atoms with Crippen LogP contribution in [-0.2, 0) is 18.4 Å². The van der Waals surface area contributed by atoms with Gasteiger partial charge in [-0.2, -0.15) is 5.10 Å². The van der Waals surface area contributed by atoms with Crippen LogP contribution >= 0.6 is 0 Å². The number of amides is 1. The summed E-state index contributed by atoms with van der Waals surface area (Å²) in [7, 11) is 6.18. The normalized spacial score (nSPS) is 21.8.